The molecule has 0 bridgehead atoms. The van der Waals surface area contributed by atoms with E-state index in [2.05, 4.69) is 15.9 Å². The molecule has 1 aromatic rings. The molecule has 1 aromatic carbocycles. The van der Waals surface area contributed by atoms with Crippen LogP contribution in [0.15, 0.2) is 16.6 Å². The Morgan fingerprint density at radius 1 is 1.58 bits per heavy atom. The van der Waals surface area contributed by atoms with Crippen molar-refractivity contribution in [1.29, 1.82) is 0 Å². The highest BCUT2D eigenvalue weighted by Crippen LogP contribution is 2.27. The summed E-state index contributed by atoms with van der Waals surface area (Å²) in [6.45, 7) is 2.03. The van der Waals surface area contributed by atoms with Crippen LogP contribution in [0.2, 0.25) is 5.02 Å². The number of carbonyl (C=O) groups excluding carboxylic acids is 1. The van der Waals surface area contributed by atoms with Crippen LogP contribution in [0.5, 0.6) is 0 Å². The fourth-order valence-electron chi connectivity index (χ4n) is 0.959. The van der Waals surface area contributed by atoms with E-state index in [1.54, 1.807) is 6.07 Å². The number of halogens is 2. The highest BCUT2D eigenvalue weighted by Gasteiger charge is 2.04. The molecule has 0 aromatic heterocycles. The Labute approximate surface area is 84.9 Å². The Morgan fingerprint density at radius 2 is 2.25 bits per heavy atom. The van der Waals surface area contributed by atoms with Crippen molar-refractivity contribution in [2.75, 3.05) is 0 Å². The number of hydrogen-bond donors (Lipinski definition) is 0. The van der Waals surface area contributed by atoms with Crippen molar-refractivity contribution in [3.63, 3.8) is 0 Å². The second kappa shape index (κ2) is 4.06. The summed E-state index contributed by atoms with van der Waals surface area (Å²) in [7, 11) is 0. The van der Waals surface area contributed by atoms with Gasteiger partial charge in [0.15, 0.2) is 6.29 Å². The molecule has 0 atom stereocenters. The Balaban J connectivity index is 3.28. The van der Waals surface area contributed by atoms with E-state index in [0.29, 0.717) is 10.6 Å². The molecule has 0 aliphatic heterocycles. The molecule has 0 radical (unpaired) electrons. The highest BCUT2D eigenvalue weighted by atomic mass is 79.9. The molecule has 12 heavy (non-hydrogen) atoms. The number of rotatable bonds is 2. The van der Waals surface area contributed by atoms with Crippen LogP contribution in [0.25, 0.3) is 0 Å². The van der Waals surface area contributed by atoms with Gasteiger partial charge in [0.05, 0.1) is 5.02 Å². The van der Waals surface area contributed by atoms with Gasteiger partial charge < -0.3 is 0 Å². The van der Waals surface area contributed by atoms with Crippen LogP contribution in [-0.4, -0.2) is 6.29 Å². The number of hydrogen-bond acceptors (Lipinski definition) is 1. The zero-order valence-corrected chi connectivity index (χ0v) is 8.95. The second-order valence-corrected chi connectivity index (χ2v) is 3.68. The van der Waals surface area contributed by atoms with Gasteiger partial charge in [0.1, 0.15) is 0 Å². The summed E-state index contributed by atoms with van der Waals surface area (Å²) in [4.78, 5) is 10.5. The largest absolute Gasteiger partial charge is 0.298 e. The van der Waals surface area contributed by atoms with Crippen LogP contribution in [0.1, 0.15) is 22.8 Å². The summed E-state index contributed by atoms with van der Waals surface area (Å²) in [5.74, 6) is 0. The number of benzene rings is 1. The molecule has 0 saturated heterocycles. The fraction of sp³-hybridized carbons (Fsp3) is 0.222. The lowest BCUT2D eigenvalue weighted by atomic mass is 10.1. The maximum absolute atomic E-state index is 10.5. The SMILES string of the molecule is CCc1cc(Br)c(Cl)c(C=O)c1. The minimum atomic E-state index is 0.488. The van der Waals surface area contributed by atoms with Gasteiger partial charge in [0, 0.05) is 10.0 Å². The van der Waals surface area contributed by atoms with E-state index >= 15 is 0 Å². The molecule has 0 fully saturated rings. The van der Waals surface area contributed by atoms with E-state index in [1.807, 2.05) is 13.0 Å². The third kappa shape index (κ3) is 1.87. The number of aryl methyl sites for hydroxylation is 1. The van der Waals surface area contributed by atoms with E-state index in [-0.39, 0.29) is 0 Å². The molecule has 0 heterocycles. The number of aldehydes is 1. The Morgan fingerprint density at radius 3 is 2.75 bits per heavy atom. The van der Waals surface area contributed by atoms with Crippen LogP contribution in [0.3, 0.4) is 0 Å². The van der Waals surface area contributed by atoms with Gasteiger partial charge in [-0.15, -0.1) is 0 Å². The van der Waals surface area contributed by atoms with Crippen molar-refractivity contribution in [2.24, 2.45) is 0 Å². The van der Waals surface area contributed by atoms with Crippen molar-refractivity contribution < 1.29 is 4.79 Å². The third-order valence-electron chi connectivity index (χ3n) is 1.65. The average Bonchev–Trinajstić information content (AvgIpc) is 2.09. The first kappa shape index (κ1) is 9.75. The van der Waals surface area contributed by atoms with Gasteiger partial charge >= 0.3 is 0 Å². The zero-order valence-electron chi connectivity index (χ0n) is 6.60. The monoisotopic (exact) mass is 246 g/mol. The van der Waals surface area contributed by atoms with Gasteiger partial charge in [-0.1, -0.05) is 18.5 Å². The van der Waals surface area contributed by atoms with Crippen molar-refractivity contribution in [2.45, 2.75) is 13.3 Å². The second-order valence-electron chi connectivity index (χ2n) is 2.45. The molecule has 0 aliphatic carbocycles. The van der Waals surface area contributed by atoms with Crippen molar-refractivity contribution in [3.05, 3.63) is 32.8 Å². The molecule has 0 amide bonds. The Hall–Kier alpha value is -0.340. The van der Waals surface area contributed by atoms with Gasteiger partial charge in [-0.05, 0) is 40.0 Å². The first-order chi connectivity index (χ1) is 5.69. The predicted octanol–water partition coefficient (Wildman–Crippen LogP) is 3.48. The molecule has 0 N–H and O–H groups in total. The van der Waals surface area contributed by atoms with Gasteiger partial charge in [-0.3, -0.25) is 4.79 Å². The summed E-state index contributed by atoms with van der Waals surface area (Å²) in [6, 6.07) is 3.73. The van der Waals surface area contributed by atoms with Crippen LogP contribution in [0.4, 0.5) is 0 Å². The fourth-order valence-corrected chi connectivity index (χ4v) is 1.64. The highest BCUT2D eigenvalue weighted by molar-refractivity contribution is 9.10. The van der Waals surface area contributed by atoms with Crippen LogP contribution in [0, 0.1) is 0 Å². The maximum atomic E-state index is 10.5. The van der Waals surface area contributed by atoms with E-state index in [9.17, 15) is 4.79 Å². The smallest absolute Gasteiger partial charge is 0.151 e. The minimum Gasteiger partial charge on any atom is -0.298 e. The lowest BCUT2D eigenvalue weighted by Crippen LogP contribution is -1.88. The molecule has 1 rings (SSSR count). The molecule has 3 heteroatoms. The summed E-state index contributed by atoms with van der Waals surface area (Å²) in [5.41, 5.74) is 1.65. The molecule has 64 valence electrons. The molecule has 1 nitrogen and oxygen atoms in total. The summed E-state index contributed by atoms with van der Waals surface area (Å²) in [6.07, 6.45) is 1.67. The molecular formula is C9H8BrClO. The van der Waals surface area contributed by atoms with Gasteiger partial charge in [0.2, 0.25) is 0 Å². The standard InChI is InChI=1S/C9H8BrClO/c1-2-6-3-7(5-12)9(11)8(10)4-6/h3-5H,2H2,1H3. The summed E-state index contributed by atoms with van der Waals surface area (Å²) < 4.78 is 0.783. The first-order valence-corrected chi connectivity index (χ1v) is 4.79. The van der Waals surface area contributed by atoms with E-state index < -0.39 is 0 Å². The molecule has 0 aliphatic rings. The van der Waals surface area contributed by atoms with Crippen LogP contribution < -0.4 is 0 Å². The summed E-state index contributed by atoms with van der Waals surface area (Å²) in [5, 5.41) is 0.488. The quantitative estimate of drug-likeness (QED) is 0.731. The van der Waals surface area contributed by atoms with Crippen LogP contribution >= 0.6 is 27.5 Å². The van der Waals surface area contributed by atoms with Gasteiger partial charge in [0.25, 0.3) is 0 Å². The van der Waals surface area contributed by atoms with Crippen LogP contribution in [-0.2, 0) is 6.42 Å². The maximum Gasteiger partial charge on any atom is 0.151 e. The molecule has 0 saturated carbocycles. The zero-order chi connectivity index (χ0) is 9.14. The predicted molar refractivity (Wildman–Crippen MR) is 53.9 cm³/mol. The molecular weight excluding hydrogens is 239 g/mol. The average molecular weight is 248 g/mol. The van der Waals surface area contributed by atoms with E-state index in [4.69, 9.17) is 11.6 Å². The van der Waals surface area contributed by atoms with Gasteiger partial charge in [-0.2, -0.15) is 0 Å². The van der Waals surface area contributed by atoms with E-state index in [0.717, 1.165) is 22.7 Å². The topological polar surface area (TPSA) is 17.1 Å². The van der Waals surface area contributed by atoms with Crippen molar-refractivity contribution >= 4 is 33.8 Å². The van der Waals surface area contributed by atoms with Crippen molar-refractivity contribution in [1.82, 2.24) is 0 Å². The Kier molecular flexibility index (Phi) is 3.29. The lowest BCUT2D eigenvalue weighted by Gasteiger charge is -2.02. The first-order valence-electron chi connectivity index (χ1n) is 3.62. The van der Waals surface area contributed by atoms with E-state index in [1.165, 1.54) is 0 Å². The van der Waals surface area contributed by atoms with Gasteiger partial charge in [-0.25, -0.2) is 0 Å². The third-order valence-corrected chi connectivity index (χ3v) is 2.93. The number of carbonyl (C=O) groups is 1. The molecule has 0 unspecified atom stereocenters. The van der Waals surface area contributed by atoms with Crippen molar-refractivity contribution in [3.8, 4) is 0 Å². The lowest BCUT2D eigenvalue weighted by molar-refractivity contribution is 0.112. The minimum absolute atomic E-state index is 0.488. The Bertz CT molecular complexity index is 310. The summed E-state index contributed by atoms with van der Waals surface area (Å²) >= 11 is 9.13. The normalized spacial score (nSPS) is 9.92. The molecule has 0 spiro atoms.